The van der Waals surface area contributed by atoms with Crippen molar-refractivity contribution in [2.45, 2.75) is 33.1 Å². The molecule has 1 aromatic rings. The molecule has 0 radical (unpaired) electrons. The number of fused-ring (bicyclic) bond motifs is 2. The Hall–Kier alpha value is -0.960. The number of hydrogen-bond donors (Lipinski definition) is 0. The summed E-state index contributed by atoms with van der Waals surface area (Å²) < 4.78 is 0. The number of piperidine rings is 1. The van der Waals surface area contributed by atoms with Crippen molar-refractivity contribution in [1.82, 2.24) is 14.9 Å². The van der Waals surface area contributed by atoms with Gasteiger partial charge in [-0.1, -0.05) is 0 Å². The molecule has 2 aliphatic heterocycles. The van der Waals surface area contributed by atoms with E-state index in [1.54, 1.807) is 0 Å². The first-order chi connectivity index (χ1) is 7.65. The van der Waals surface area contributed by atoms with E-state index in [4.69, 9.17) is 4.98 Å². The Balaban J connectivity index is 1.98. The highest BCUT2D eigenvalue weighted by molar-refractivity contribution is 5.24. The first-order valence-corrected chi connectivity index (χ1v) is 6.19. The van der Waals surface area contributed by atoms with Gasteiger partial charge in [-0.05, 0) is 39.7 Å². The monoisotopic (exact) mass is 217 g/mol. The van der Waals surface area contributed by atoms with Gasteiger partial charge < -0.3 is 4.90 Å². The van der Waals surface area contributed by atoms with Crippen molar-refractivity contribution < 1.29 is 0 Å². The number of aryl methyl sites for hydroxylation is 3. The molecule has 3 heterocycles. The lowest BCUT2D eigenvalue weighted by Crippen LogP contribution is -2.24. The Morgan fingerprint density at radius 3 is 2.38 bits per heavy atom. The zero-order valence-corrected chi connectivity index (χ0v) is 10.3. The van der Waals surface area contributed by atoms with Crippen LogP contribution in [0.4, 0.5) is 0 Å². The second kappa shape index (κ2) is 3.52. The van der Waals surface area contributed by atoms with Crippen molar-refractivity contribution in [3.05, 3.63) is 22.8 Å². The van der Waals surface area contributed by atoms with Crippen molar-refractivity contribution in [1.29, 1.82) is 0 Å². The van der Waals surface area contributed by atoms with Crippen molar-refractivity contribution in [3.8, 4) is 0 Å². The first-order valence-electron chi connectivity index (χ1n) is 6.19. The molecule has 0 aliphatic carbocycles. The van der Waals surface area contributed by atoms with Gasteiger partial charge in [0.15, 0.2) is 0 Å². The van der Waals surface area contributed by atoms with Crippen molar-refractivity contribution in [3.63, 3.8) is 0 Å². The Kier molecular flexibility index (Phi) is 2.25. The van der Waals surface area contributed by atoms with Crippen molar-refractivity contribution in [2.75, 3.05) is 19.6 Å². The number of aromatic nitrogens is 2. The van der Waals surface area contributed by atoms with Gasteiger partial charge in [0.2, 0.25) is 0 Å². The topological polar surface area (TPSA) is 29.0 Å². The second-order valence-electron chi connectivity index (χ2n) is 5.28. The fourth-order valence-electron chi connectivity index (χ4n) is 3.18. The van der Waals surface area contributed by atoms with E-state index in [2.05, 4.69) is 23.7 Å². The molecule has 0 aromatic carbocycles. The van der Waals surface area contributed by atoms with Gasteiger partial charge in [0.25, 0.3) is 0 Å². The van der Waals surface area contributed by atoms with E-state index >= 15 is 0 Å². The zero-order valence-electron chi connectivity index (χ0n) is 10.3. The van der Waals surface area contributed by atoms with Crippen LogP contribution in [0.15, 0.2) is 0 Å². The summed E-state index contributed by atoms with van der Waals surface area (Å²) in [6.45, 7) is 9.98. The van der Waals surface area contributed by atoms with Crippen molar-refractivity contribution in [2.24, 2.45) is 5.92 Å². The second-order valence-corrected chi connectivity index (χ2v) is 5.28. The van der Waals surface area contributed by atoms with Crippen molar-refractivity contribution >= 4 is 0 Å². The molecule has 1 unspecified atom stereocenters. The van der Waals surface area contributed by atoms with Crippen LogP contribution in [0.5, 0.6) is 0 Å². The van der Waals surface area contributed by atoms with Gasteiger partial charge in [-0.25, -0.2) is 0 Å². The van der Waals surface area contributed by atoms with E-state index in [-0.39, 0.29) is 0 Å². The Bertz CT molecular complexity index is 427. The molecule has 2 saturated heterocycles. The van der Waals surface area contributed by atoms with E-state index in [1.165, 1.54) is 31.7 Å². The summed E-state index contributed by atoms with van der Waals surface area (Å²) in [5.41, 5.74) is 4.57. The number of rotatable bonds is 1. The van der Waals surface area contributed by atoms with Gasteiger partial charge >= 0.3 is 0 Å². The Labute approximate surface area is 96.9 Å². The third-order valence-electron chi connectivity index (χ3n) is 4.20. The van der Waals surface area contributed by atoms with Crippen LogP contribution in [0.2, 0.25) is 0 Å². The molecular formula is C13H19N3. The molecule has 86 valence electrons. The molecule has 16 heavy (non-hydrogen) atoms. The molecule has 0 spiro atoms. The lowest BCUT2D eigenvalue weighted by molar-refractivity contribution is 0.342. The molecule has 0 amide bonds. The van der Waals surface area contributed by atoms with E-state index in [0.717, 1.165) is 23.0 Å². The minimum atomic E-state index is 0.639. The zero-order chi connectivity index (χ0) is 11.3. The quantitative estimate of drug-likeness (QED) is 0.718. The summed E-state index contributed by atoms with van der Waals surface area (Å²) in [6.07, 6.45) is 1.35. The fourth-order valence-corrected chi connectivity index (χ4v) is 3.18. The van der Waals surface area contributed by atoms with E-state index in [0.29, 0.717) is 5.92 Å². The maximum Gasteiger partial charge on any atom is 0.0666 e. The van der Waals surface area contributed by atoms with Crippen LogP contribution in [0.25, 0.3) is 0 Å². The SMILES string of the molecule is Cc1nc(C)c([C@H]2CN3CC[C@H]2C3)nc1C. The summed E-state index contributed by atoms with van der Waals surface area (Å²) in [7, 11) is 0. The van der Waals surface area contributed by atoms with Gasteiger partial charge in [-0.15, -0.1) is 0 Å². The molecule has 3 rings (SSSR count). The highest BCUT2D eigenvalue weighted by atomic mass is 15.2. The highest BCUT2D eigenvalue weighted by Gasteiger charge is 2.40. The molecule has 3 atom stereocenters. The van der Waals surface area contributed by atoms with Crippen LogP contribution in [-0.4, -0.2) is 34.5 Å². The minimum absolute atomic E-state index is 0.639. The van der Waals surface area contributed by atoms with Crippen LogP contribution in [0.3, 0.4) is 0 Å². The van der Waals surface area contributed by atoms with Gasteiger partial charge in [0.1, 0.15) is 0 Å². The molecule has 0 saturated carbocycles. The number of hydrogen-bond acceptors (Lipinski definition) is 3. The fraction of sp³-hybridized carbons (Fsp3) is 0.692. The Morgan fingerprint density at radius 2 is 1.75 bits per heavy atom. The van der Waals surface area contributed by atoms with Gasteiger partial charge in [-0.3, -0.25) is 9.97 Å². The third-order valence-corrected chi connectivity index (χ3v) is 4.20. The molecule has 3 heteroatoms. The van der Waals surface area contributed by atoms with E-state index < -0.39 is 0 Å². The van der Waals surface area contributed by atoms with Crippen LogP contribution < -0.4 is 0 Å². The van der Waals surface area contributed by atoms with Crippen LogP contribution in [0, 0.1) is 26.7 Å². The molecule has 3 nitrogen and oxygen atoms in total. The summed E-state index contributed by atoms with van der Waals surface area (Å²) in [5.74, 6) is 1.47. The molecular weight excluding hydrogens is 198 g/mol. The third kappa shape index (κ3) is 1.46. The van der Waals surface area contributed by atoms with Crippen LogP contribution in [-0.2, 0) is 0 Å². The first kappa shape index (κ1) is 10.2. The lowest BCUT2D eigenvalue weighted by Gasteiger charge is -2.23. The smallest absolute Gasteiger partial charge is 0.0666 e. The summed E-state index contributed by atoms with van der Waals surface area (Å²) >= 11 is 0. The maximum atomic E-state index is 4.78. The van der Waals surface area contributed by atoms with Crippen LogP contribution >= 0.6 is 0 Å². The predicted octanol–water partition coefficient (Wildman–Crippen LogP) is 1.82. The normalized spacial score (nSPS) is 32.3. The molecule has 2 fully saturated rings. The standard InChI is InChI=1S/C13H19N3/c1-8-9(2)15-13(10(3)14-8)12-7-16-5-4-11(12)6-16/h11-12H,4-7H2,1-3H3/t11-,12-/m0/s1. The largest absolute Gasteiger partial charge is 0.302 e. The maximum absolute atomic E-state index is 4.78. The van der Waals surface area contributed by atoms with Gasteiger partial charge in [0, 0.05) is 19.0 Å². The highest BCUT2D eigenvalue weighted by Crippen LogP contribution is 2.39. The number of nitrogens with zero attached hydrogens (tertiary/aromatic N) is 3. The summed E-state index contributed by atoms with van der Waals surface area (Å²) in [5, 5.41) is 0. The van der Waals surface area contributed by atoms with E-state index in [1.807, 2.05) is 6.92 Å². The predicted molar refractivity (Wildman–Crippen MR) is 63.5 cm³/mol. The molecule has 1 aromatic heterocycles. The molecule has 0 N–H and O–H groups in total. The Morgan fingerprint density at radius 1 is 1.00 bits per heavy atom. The minimum Gasteiger partial charge on any atom is -0.302 e. The van der Waals surface area contributed by atoms with Gasteiger partial charge in [-0.2, -0.15) is 0 Å². The summed E-state index contributed by atoms with van der Waals surface area (Å²) in [4.78, 5) is 12.0. The lowest BCUT2D eigenvalue weighted by atomic mass is 9.88. The summed E-state index contributed by atoms with van der Waals surface area (Å²) in [6, 6.07) is 0. The van der Waals surface area contributed by atoms with Crippen LogP contribution in [0.1, 0.15) is 35.1 Å². The average molecular weight is 217 g/mol. The van der Waals surface area contributed by atoms with E-state index in [9.17, 15) is 0 Å². The average Bonchev–Trinajstić information content (AvgIpc) is 2.84. The van der Waals surface area contributed by atoms with Gasteiger partial charge in [0.05, 0.1) is 22.8 Å². The molecule has 2 bridgehead atoms. The molecule has 2 aliphatic rings.